The third-order valence-electron chi connectivity index (χ3n) is 9.12. The van der Waals surface area contributed by atoms with Crippen molar-refractivity contribution >= 4 is 17.9 Å². The number of unbranched alkanes of at least 4 members (excludes halogenated alkanes) is 1. The smallest absolute Gasteiger partial charge is 0.407 e. The quantitative estimate of drug-likeness (QED) is 0.247. The van der Waals surface area contributed by atoms with E-state index >= 15 is 0 Å². The zero-order chi connectivity index (χ0) is 31.5. The van der Waals surface area contributed by atoms with Gasteiger partial charge in [0.2, 0.25) is 11.8 Å². The van der Waals surface area contributed by atoms with Crippen molar-refractivity contribution in [2.24, 2.45) is 0 Å². The predicted molar refractivity (Wildman–Crippen MR) is 176 cm³/mol. The van der Waals surface area contributed by atoms with E-state index in [4.69, 9.17) is 4.74 Å². The Kier molecular flexibility index (Phi) is 11.3. The number of nitrogens with one attached hydrogen (secondary N) is 2. The molecule has 8 nitrogen and oxygen atoms in total. The number of benzene rings is 3. The number of hydrogen-bond donors (Lipinski definition) is 2. The molecule has 2 saturated heterocycles. The lowest BCUT2D eigenvalue weighted by molar-refractivity contribution is -0.161. The molecule has 238 valence electrons. The third kappa shape index (κ3) is 8.31. The number of hydrogen-bond acceptors (Lipinski definition) is 5. The molecule has 3 aromatic rings. The Hall–Kier alpha value is -4.17. The number of alkyl carbamates (subject to hydrolysis) is 1. The van der Waals surface area contributed by atoms with E-state index in [-0.39, 0.29) is 18.4 Å². The largest absolute Gasteiger partial charge is 0.445 e. The highest BCUT2D eigenvalue weighted by Crippen LogP contribution is 2.34. The number of nitrogens with zero attached hydrogens (tertiary/aromatic N) is 2. The number of piperazine rings is 1. The fourth-order valence-corrected chi connectivity index (χ4v) is 6.48. The molecule has 2 aliphatic rings. The number of likely N-dealkylation sites (tertiary alicyclic amines) is 1. The van der Waals surface area contributed by atoms with Gasteiger partial charge in [-0.25, -0.2) is 4.79 Å². The first-order valence-corrected chi connectivity index (χ1v) is 16.4. The lowest BCUT2D eigenvalue weighted by Gasteiger charge is -2.51. The third-order valence-corrected chi connectivity index (χ3v) is 9.12. The van der Waals surface area contributed by atoms with Gasteiger partial charge in [0.1, 0.15) is 18.2 Å². The lowest BCUT2D eigenvalue weighted by Crippen LogP contribution is -2.72. The Labute approximate surface area is 267 Å². The maximum absolute atomic E-state index is 13.6. The molecule has 8 heteroatoms. The maximum Gasteiger partial charge on any atom is 0.407 e. The summed E-state index contributed by atoms with van der Waals surface area (Å²) >= 11 is 0. The van der Waals surface area contributed by atoms with Gasteiger partial charge in [0.15, 0.2) is 0 Å². The standard InChI is InChI=1S/C37H46N4O4/c1-2-24-41-34(42)33(39-35(43)37(41)21-26-40(27-22-37)25-20-29-11-5-3-6-12-29)15-9-10-23-38-36(44)45-28-30-16-18-32(19-17-30)31-13-7-4-8-14-31/h3-8,11-14,16-19,33H,2,9-10,15,20-28H2,1H3,(H,38,44)(H,39,43)/t33-/m0/s1. The van der Waals surface area contributed by atoms with Crippen LogP contribution in [0.15, 0.2) is 84.9 Å². The molecule has 5 rings (SSSR count). The van der Waals surface area contributed by atoms with Crippen molar-refractivity contribution in [3.8, 4) is 11.1 Å². The second-order valence-electron chi connectivity index (χ2n) is 12.2. The highest BCUT2D eigenvalue weighted by molar-refractivity contribution is 6.00. The fourth-order valence-electron chi connectivity index (χ4n) is 6.48. The van der Waals surface area contributed by atoms with Gasteiger partial charge in [-0.05, 0) is 67.2 Å². The minimum atomic E-state index is -0.750. The number of rotatable bonds is 13. The van der Waals surface area contributed by atoms with Crippen LogP contribution in [0.3, 0.4) is 0 Å². The van der Waals surface area contributed by atoms with Crippen LogP contribution in [0.5, 0.6) is 0 Å². The number of carbonyl (C=O) groups is 3. The Balaban J connectivity index is 1.02. The highest BCUT2D eigenvalue weighted by atomic mass is 16.5. The number of ether oxygens (including phenoxy) is 1. The molecule has 1 atom stereocenters. The summed E-state index contributed by atoms with van der Waals surface area (Å²) in [6.07, 6.45) is 4.60. The van der Waals surface area contributed by atoms with Crippen LogP contribution in [0.4, 0.5) is 4.79 Å². The normalized spacial score (nSPS) is 18.1. The van der Waals surface area contributed by atoms with E-state index in [9.17, 15) is 14.4 Å². The first-order chi connectivity index (χ1) is 22.0. The molecule has 0 aliphatic carbocycles. The number of carbonyl (C=O) groups excluding carboxylic acids is 3. The molecule has 3 aromatic carbocycles. The summed E-state index contributed by atoms with van der Waals surface area (Å²) in [5.41, 5.74) is 3.74. The van der Waals surface area contributed by atoms with Gasteiger partial charge >= 0.3 is 6.09 Å². The SMILES string of the molecule is CCCN1C(=O)[C@H](CCCCNC(=O)OCc2ccc(-c3ccccc3)cc2)NC(=O)C12CCN(CCc1ccccc1)CC2. The van der Waals surface area contributed by atoms with Crippen LogP contribution < -0.4 is 10.6 Å². The fraction of sp³-hybridized carbons (Fsp3) is 0.432. The Morgan fingerprint density at radius 2 is 1.53 bits per heavy atom. The van der Waals surface area contributed by atoms with Crippen molar-refractivity contribution in [3.63, 3.8) is 0 Å². The van der Waals surface area contributed by atoms with Crippen molar-refractivity contribution < 1.29 is 19.1 Å². The van der Waals surface area contributed by atoms with Crippen LogP contribution in [0.1, 0.15) is 56.6 Å². The van der Waals surface area contributed by atoms with Gasteiger partial charge in [-0.2, -0.15) is 0 Å². The van der Waals surface area contributed by atoms with Crippen LogP contribution >= 0.6 is 0 Å². The first kappa shape index (κ1) is 32.2. The lowest BCUT2D eigenvalue weighted by atomic mass is 9.81. The molecule has 0 unspecified atom stereocenters. The molecule has 0 radical (unpaired) electrons. The van der Waals surface area contributed by atoms with Crippen LogP contribution in [0, 0.1) is 0 Å². The topological polar surface area (TPSA) is 91.0 Å². The predicted octanol–water partition coefficient (Wildman–Crippen LogP) is 5.56. The highest BCUT2D eigenvalue weighted by Gasteiger charge is 2.52. The zero-order valence-corrected chi connectivity index (χ0v) is 26.4. The zero-order valence-electron chi connectivity index (χ0n) is 26.4. The minimum Gasteiger partial charge on any atom is -0.445 e. The molecule has 2 heterocycles. The average molecular weight is 611 g/mol. The maximum atomic E-state index is 13.6. The van der Waals surface area contributed by atoms with Gasteiger partial charge in [-0.3, -0.25) is 9.59 Å². The van der Waals surface area contributed by atoms with Crippen LogP contribution in [-0.2, 0) is 27.4 Å². The molecule has 45 heavy (non-hydrogen) atoms. The van der Waals surface area contributed by atoms with E-state index < -0.39 is 17.7 Å². The molecule has 0 bridgehead atoms. The monoisotopic (exact) mass is 610 g/mol. The summed E-state index contributed by atoms with van der Waals surface area (Å²) in [5, 5.41) is 5.88. The summed E-state index contributed by atoms with van der Waals surface area (Å²) in [4.78, 5) is 43.7. The summed E-state index contributed by atoms with van der Waals surface area (Å²) in [6.45, 7) is 5.86. The van der Waals surface area contributed by atoms with E-state index in [0.717, 1.165) is 49.2 Å². The number of amides is 3. The van der Waals surface area contributed by atoms with Gasteiger partial charge in [0.05, 0.1) is 0 Å². The second kappa shape index (κ2) is 15.7. The summed E-state index contributed by atoms with van der Waals surface area (Å²) in [7, 11) is 0. The van der Waals surface area contributed by atoms with Gasteiger partial charge in [-0.1, -0.05) is 91.9 Å². The van der Waals surface area contributed by atoms with E-state index in [1.807, 2.05) is 53.4 Å². The van der Waals surface area contributed by atoms with Crippen molar-refractivity contribution in [3.05, 3.63) is 96.1 Å². The first-order valence-electron chi connectivity index (χ1n) is 16.4. The van der Waals surface area contributed by atoms with Crippen LogP contribution in [0.25, 0.3) is 11.1 Å². The van der Waals surface area contributed by atoms with E-state index in [1.165, 1.54) is 5.56 Å². The van der Waals surface area contributed by atoms with Crippen LogP contribution in [0.2, 0.25) is 0 Å². The molecule has 1 spiro atoms. The Bertz CT molecular complexity index is 1390. The van der Waals surface area contributed by atoms with Gasteiger partial charge in [0.25, 0.3) is 0 Å². The average Bonchev–Trinajstić information content (AvgIpc) is 3.08. The number of piperidine rings is 1. The Morgan fingerprint density at radius 1 is 0.867 bits per heavy atom. The summed E-state index contributed by atoms with van der Waals surface area (Å²) in [5.74, 6) is 0.0154. The molecule has 0 saturated carbocycles. The van der Waals surface area contributed by atoms with E-state index in [2.05, 4.69) is 58.9 Å². The van der Waals surface area contributed by atoms with Crippen molar-refractivity contribution in [2.75, 3.05) is 32.7 Å². The summed E-state index contributed by atoms with van der Waals surface area (Å²) < 4.78 is 5.38. The van der Waals surface area contributed by atoms with Crippen molar-refractivity contribution in [2.45, 2.75) is 70.1 Å². The van der Waals surface area contributed by atoms with E-state index in [0.29, 0.717) is 45.2 Å². The van der Waals surface area contributed by atoms with Gasteiger partial charge in [-0.15, -0.1) is 0 Å². The van der Waals surface area contributed by atoms with Crippen LogP contribution in [-0.4, -0.2) is 72.0 Å². The molecule has 2 fully saturated rings. The molecule has 2 aliphatic heterocycles. The molecule has 0 aromatic heterocycles. The van der Waals surface area contributed by atoms with Gasteiger partial charge < -0.3 is 25.2 Å². The molecular weight excluding hydrogens is 564 g/mol. The molecule has 3 amide bonds. The molecular formula is C37H46N4O4. The van der Waals surface area contributed by atoms with E-state index in [1.54, 1.807) is 0 Å². The second-order valence-corrected chi connectivity index (χ2v) is 12.2. The van der Waals surface area contributed by atoms with Gasteiger partial charge in [0, 0.05) is 32.7 Å². The minimum absolute atomic E-state index is 0.0123. The molecule has 2 N–H and O–H groups in total. The Morgan fingerprint density at radius 3 is 2.22 bits per heavy atom. The summed E-state index contributed by atoms with van der Waals surface area (Å²) in [6, 6.07) is 28.1. The van der Waals surface area contributed by atoms with Crippen molar-refractivity contribution in [1.82, 2.24) is 20.4 Å². The van der Waals surface area contributed by atoms with Crippen molar-refractivity contribution in [1.29, 1.82) is 0 Å².